The zero-order chi connectivity index (χ0) is 13.1. The summed E-state index contributed by atoms with van der Waals surface area (Å²) in [5, 5.41) is 3.09. The van der Waals surface area contributed by atoms with Gasteiger partial charge in [-0.05, 0) is 12.8 Å². The molecule has 3 rings (SSSR count). The maximum Gasteiger partial charge on any atom is 0.113 e. The van der Waals surface area contributed by atoms with E-state index in [2.05, 4.69) is 9.97 Å². The van der Waals surface area contributed by atoms with Crippen LogP contribution in [0.5, 0.6) is 0 Å². The van der Waals surface area contributed by atoms with E-state index in [0.29, 0.717) is 0 Å². The van der Waals surface area contributed by atoms with Gasteiger partial charge < -0.3 is 5.73 Å². The van der Waals surface area contributed by atoms with Crippen LogP contribution in [0.15, 0.2) is 24.0 Å². The molecule has 2 heterocycles. The first-order valence-electron chi connectivity index (χ1n) is 6.79. The Kier molecular flexibility index (Phi) is 3.57. The van der Waals surface area contributed by atoms with Crippen molar-refractivity contribution in [3.63, 3.8) is 0 Å². The highest BCUT2D eigenvalue weighted by atomic mass is 32.1. The molecular weight excluding hydrogens is 256 g/mol. The standard InChI is InChI=1S/C14H18N4S/c15-14(5-3-1-2-4-6-14)13-18-12(10-19-13)11-9-16-7-8-17-11/h7-10H,1-6,15H2. The minimum Gasteiger partial charge on any atom is -0.319 e. The second kappa shape index (κ2) is 5.35. The van der Waals surface area contributed by atoms with Gasteiger partial charge in [-0.25, -0.2) is 4.98 Å². The van der Waals surface area contributed by atoms with E-state index in [1.807, 2.05) is 5.38 Å². The first kappa shape index (κ1) is 12.7. The molecule has 100 valence electrons. The lowest BCUT2D eigenvalue weighted by Gasteiger charge is -2.25. The molecule has 4 nitrogen and oxygen atoms in total. The molecule has 19 heavy (non-hydrogen) atoms. The molecule has 2 N–H and O–H groups in total. The van der Waals surface area contributed by atoms with Gasteiger partial charge in [0.1, 0.15) is 16.4 Å². The number of hydrogen-bond acceptors (Lipinski definition) is 5. The number of rotatable bonds is 2. The van der Waals surface area contributed by atoms with Crippen LogP contribution >= 0.6 is 11.3 Å². The van der Waals surface area contributed by atoms with Crippen molar-refractivity contribution < 1.29 is 0 Å². The summed E-state index contributed by atoms with van der Waals surface area (Å²) in [4.78, 5) is 13.1. The molecule has 1 aliphatic carbocycles. The van der Waals surface area contributed by atoms with Crippen LogP contribution in [0.2, 0.25) is 0 Å². The number of nitrogens with zero attached hydrogens (tertiary/aromatic N) is 3. The highest BCUT2D eigenvalue weighted by molar-refractivity contribution is 7.10. The van der Waals surface area contributed by atoms with Crippen molar-refractivity contribution in [1.29, 1.82) is 0 Å². The van der Waals surface area contributed by atoms with Crippen LogP contribution in [-0.2, 0) is 5.54 Å². The van der Waals surface area contributed by atoms with Gasteiger partial charge in [0.25, 0.3) is 0 Å². The zero-order valence-corrected chi connectivity index (χ0v) is 11.7. The van der Waals surface area contributed by atoms with Gasteiger partial charge in [0.2, 0.25) is 0 Å². The summed E-state index contributed by atoms with van der Waals surface area (Å²) in [6, 6.07) is 0. The van der Waals surface area contributed by atoms with Crippen LogP contribution in [0, 0.1) is 0 Å². The van der Waals surface area contributed by atoms with Crippen LogP contribution in [0.1, 0.15) is 43.5 Å². The molecule has 0 bridgehead atoms. The van der Waals surface area contributed by atoms with Crippen LogP contribution in [-0.4, -0.2) is 15.0 Å². The second-order valence-corrected chi connectivity index (χ2v) is 6.06. The van der Waals surface area contributed by atoms with Gasteiger partial charge in [-0.15, -0.1) is 11.3 Å². The topological polar surface area (TPSA) is 64.7 Å². The molecule has 0 atom stereocenters. The van der Waals surface area contributed by atoms with Crippen LogP contribution in [0.3, 0.4) is 0 Å². The lowest BCUT2D eigenvalue weighted by molar-refractivity contribution is 0.384. The van der Waals surface area contributed by atoms with Gasteiger partial charge >= 0.3 is 0 Å². The normalized spacial score (nSPS) is 19.0. The summed E-state index contributed by atoms with van der Waals surface area (Å²) in [7, 11) is 0. The molecule has 0 amide bonds. The lowest BCUT2D eigenvalue weighted by atomic mass is 9.92. The van der Waals surface area contributed by atoms with Crippen LogP contribution in [0.4, 0.5) is 0 Å². The van der Waals surface area contributed by atoms with Crippen LogP contribution < -0.4 is 5.73 Å². The monoisotopic (exact) mass is 274 g/mol. The molecule has 5 heteroatoms. The first-order chi connectivity index (χ1) is 9.28. The highest BCUT2D eigenvalue weighted by Crippen LogP contribution is 2.36. The molecule has 0 aromatic carbocycles. The molecular formula is C14H18N4S. The van der Waals surface area contributed by atoms with E-state index in [1.54, 1.807) is 29.9 Å². The second-order valence-electron chi connectivity index (χ2n) is 5.20. The molecule has 1 saturated carbocycles. The molecule has 0 spiro atoms. The molecule has 1 fully saturated rings. The Hall–Kier alpha value is -1.33. The minimum absolute atomic E-state index is 0.234. The molecule has 0 saturated heterocycles. The van der Waals surface area contributed by atoms with E-state index >= 15 is 0 Å². The largest absolute Gasteiger partial charge is 0.319 e. The number of hydrogen-bond donors (Lipinski definition) is 1. The fraction of sp³-hybridized carbons (Fsp3) is 0.500. The van der Waals surface area contributed by atoms with Gasteiger partial charge in [-0.2, -0.15) is 0 Å². The Morgan fingerprint density at radius 3 is 2.53 bits per heavy atom. The van der Waals surface area contributed by atoms with Gasteiger partial charge in [0, 0.05) is 17.8 Å². The van der Waals surface area contributed by atoms with Gasteiger partial charge in [0.05, 0.1) is 11.7 Å². The zero-order valence-electron chi connectivity index (χ0n) is 10.9. The van der Waals surface area contributed by atoms with Crippen molar-refractivity contribution in [2.24, 2.45) is 5.73 Å². The highest BCUT2D eigenvalue weighted by Gasteiger charge is 2.31. The van der Waals surface area contributed by atoms with Crippen molar-refractivity contribution in [3.8, 4) is 11.4 Å². The Balaban J connectivity index is 1.88. The summed E-state index contributed by atoms with van der Waals surface area (Å²) in [5.74, 6) is 0. The summed E-state index contributed by atoms with van der Waals surface area (Å²) >= 11 is 1.66. The van der Waals surface area contributed by atoms with Gasteiger partial charge in [-0.1, -0.05) is 25.7 Å². The molecule has 1 aliphatic rings. The third kappa shape index (κ3) is 2.67. The average Bonchev–Trinajstić information content (AvgIpc) is 2.85. The van der Waals surface area contributed by atoms with Crippen LogP contribution in [0.25, 0.3) is 11.4 Å². The van der Waals surface area contributed by atoms with E-state index in [1.165, 1.54) is 25.7 Å². The molecule has 2 aromatic rings. The van der Waals surface area contributed by atoms with Crippen molar-refractivity contribution in [3.05, 3.63) is 29.0 Å². The maximum absolute atomic E-state index is 6.58. The van der Waals surface area contributed by atoms with E-state index < -0.39 is 0 Å². The van der Waals surface area contributed by atoms with Crippen molar-refractivity contribution in [2.45, 2.75) is 44.1 Å². The van der Waals surface area contributed by atoms with E-state index in [4.69, 9.17) is 10.7 Å². The minimum atomic E-state index is -0.234. The van der Waals surface area contributed by atoms with Crippen molar-refractivity contribution in [1.82, 2.24) is 15.0 Å². The first-order valence-corrected chi connectivity index (χ1v) is 7.67. The third-order valence-electron chi connectivity index (χ3n) is 3.75. The van der Waals surface area contributed by atoms with E-state index in [9.17, 15) is 0 Å². The number of thiazole rings is 1. The fourth-order valence-corrected chi connectivity index (χ4v) is 3.61. The number of nitrogens with two attached hydrogens (primary N) is 1. The van der Waals surface area contributed by atoms with Gasteiger partial charge in [0.15, 0.2) is 0 Å². The quantitative estimate of drug-likeness (QED) is 0.855. The third-order valence-corrected chi connectivity index (χ3v) is 4.81. The molecule has 0 aliphatic heterocycles. The Morgan fingerprint density at radius 2 is 1.84 bits per heavy atom. The Bertz CT molecular complexity index is 529. The predicted octanol–water partition coefficient (Wildman–Crippen LogP) is 3.11. The lowest BCUT2D eigenvalue weighted by Crippen LogP contribution is -2.35. The summed E-state index contributed by atoms with van der Waals surface area (Å²) in [6.07, 6.45) is 12.2. The van der Waals surface area contributed by atoms with E-state index in [-0.39, 0.29) is 5.54 Å². The van der Waals surface area contributed by atoms with E-state index in [0.717, 1.165) is 29.2 Å². The fourth-order valence-electron chi connectivity index (χ4n) is 2.62. The average molecular weight is 274 g/mol. The molecule has 0 radical (unpaired) electrons. The Morgan fingerprint density at radius 1 is 1.05 bits per heavy atom. The predicted molar refractivity (Wildman–Crippen MR) is 76.7 cm³/mol. The maximum atomic E-state index is 6.58. The smallest absolute Gasteiger partial charge is 0.113 e. The number of aromatic nitrogens is 3. The van der Waals surface area contributed by atoms with Crippen molar-refractivity contribution in [2.75, 3.05) is 0 Å². The van der Waals surface area contributed by atoms with Crippen molar-refractivity contribution >= 4 is 11.3 Å². The summed E-state index contributed by atoms with van der Waals surface area (Å²) in [5.41, 5.74) is 8.06. The summed E-state index contributed by atoms with van der Waals surface area (Å²) in [6.45, 7) is 0. The molecule has 2 aromatic heterocycles. The van der Waals surface area contributed by atoms with Gasteiger partial charge in [-0.3, -0.25) is 9.97 Å². The SMILES string of the molecule is NC1(c2nc(-c3cnccn3)cs2)CCCCCC1. The Labute approximate surface area is 117 Å². The molecule has 0 unspecified atom stereocenters. The summed E-state index contributed by atoms with van der Waals surface area (Å²) < 4.78 is 0.